The molecule has 1 aliphatic carbocycles. The van der Waals surface area contributed by atoms with E-state index in [0.29, 0.717) is 0 Å². The number of likely N-dealkylation sites (N-methyl/N-ethyl adjacent to an activating group) is 1. The zero-order chi connectivity index (χ0) is 11.4. The first-order valence-corrected chi connectivity index (χ1v) is 6.68. The second-order valence-electron chi connectivity index (χ2n) is 4.15. The van der Waals surface area contributed by atoms with Crippen LogP contribution in [-0.4, -0.2) is 35.6 Å². The maximum absolute atomic E-state index is 4.28. The Morgan fingerprint density at radius 2 is 2.31 bits per heavy atom. The predicted molar refractivity (Wildman–Crippen MR) is 70.7 cm³/mol. The number of hydrogen-bond donors (Lipinski definition) is 1. The smallest absolute Gasteiger partial charge is 0.126 e. The van der Waals surface area contributed by atoms with Crippen LogP contribution in [0.15, 0.2) is 22.8 Å². The molecular formula is C12H18BrN3. The standard InChI is InChI=1S/C12H18BrN3/c1-2-16(11-4-5-11)8-7-14-12-6-3-10(13)9-15-12/h3,6,9,11H,2,4-5,7-8H2,1H3,(H,14,15). The van der Waals surface area contributed by atoms with Crippen molar-refractivity contribution in [2.45, 2.75) is 25.8 Å². The van der Waals surface area contributed by atoms with Crippen molar-refractivity contribution in [3.05, 3.63) is 22.8 Å². The summed E-state index contributed by atoms with van der Waals surface area (Å²) < 4.78 is 1.02. The molecule has 0 radical (unpaired) electrons. The summed E-state index contributed by atoms with van der Waals surface area (Å²) in [6.07, 6.45) is 4.58. The molecule has 0 atom stereocenters. The minimum absolute atomic E-state index is 0.852. The lowest BCUT2D eigenvalue weighted by molar-refractivity contribution is 0.289. The molecule has 0 aliphatic heterocycles. The summed E-state index contributed by atoms with van der Waals surface area (Å²) in [4.78, 5) is 6.82. The molecular weight excluding hydrogens is 266 g/mol. The van der Waals surface area contributed by atoms with E-state index < -0.39 is 0 Å². The summed E-state index contributed by atoms with van der Waals surface area (Å²) in [7, 11) is 0. The highest BCUT2D eigenvalue weighted by atomic mass is 79.9. The quantitative estimate of drug-likeness (QED) is 0.870. The fraction of sp³-hybridized carbons (Fsp3) is 0.583. The minimum atomic E-state index is 0.852. The van der Waals surface area contributed by atoms with Crippen molar-refractivity contribution in [3.63, 3.8) is 0 Å². The van der Waals surface area contributed by atoms with E-state index >= 15 is 0 Å². The van der Waals surface area contributed by atoms with Crippen LogP contribution in [0.3, 0.4) is 0 Å². The highest BCUT2D eigenvalue weighted by Crippen LogP contribution is 2.25. The molecule has 88 valence electrons. The molecule has 0 amide bonds. The van der Waals surface area contributed by atoms with Crippen LogP contribution in [-0.2, 0) is 0 Å². The van der Waals surface area contributed by atoms with Gasteiger partial charge in [0, 0.05) is 29.8 Å². The van der Waals surface area contributed by atoms with Crippen LogP contribution in [0, 0.1) is 0 Å². The summed E-state index contributed by atoms with van der Waals surface area (Å²) in [6, 6.07) is 4.86. The van der Waals surface area contributed by atoms with E-state index in [1.165, 1.54) is 12.8 Å². The van der Waals surface area contributed by atoms with Gasteiger partial charge < -0.3 is 5.32 Å². The van der Waals surface area contributed by atoms with Gasteiger partial charge in [-0.05, 0) is 47.4 Å². The molecule has 4 heteroatoms. The van der Waals surface area contributed by atoms with Crippen molar-refractivity contribution in [2.24, 2.45) is 0 Å². The largest absolute Gasteiger partial charge is 0.369 e. The molecule has 0 spiro atoms. The lowest BCUT2D eigenvalue weighted by atomic mass is 10.4. The fourth-order valence-corrected chi connectivity index (χ4v) is 2.08. The molecule has 1 aromatic heterocycles. The Morgan fingerprint density at radius 3 is 2.88 bits per heavy atom. The van der Waals surface area contributed by atoms with Crippen LogP contribution in [0.1, 0.15) is 19.8 Å². The molecule has 1 heterocycles. The lowest BCUT2D eigenvalue weighted by Crippen LogP contribution is -2.30. The summed E-state index contributed by atoms with van der Waals surface area (Å²) in [5.74, 6) is 0.954. The van der Waals surface area contributed by atoms with Gasteiger partial charge in [-0.2, -0.15) is 0 Å². The second-order valence-corrected chi connectivity index (χ2v) is 5.06. The maximum atomic E-state index is 4.28. The average molecular weight is 284 g/mol. The number of anilines is 1. The van der Waals surface area contributed by atoms with Gasteiger partial charge in [-0.1, -0.05) is 6.92 Å². The van der Waals surface area contributed by atoms with Crippen LogP contribution >= 0.6 is 15.9 Å². The average Bonchev–Trinajstić information content (AvgIpc) is 3.11. The fourth-order valence-electron chi connectivity index (χ4n) is 1.85. The van der Waals surface area contributed by atoms with Gasteiger partial charge in [0.1, 0.15) is 5.82 Å². The molecule has 1 aromatic rings. The van der Waals surface area contributed by atoms with Gasteiger partial charge in [0.2, 0.25) is 0 Å². The normalized spacial score (nSPS) is 15.4. The number of halogens is 1. The zero-order valence-corrected chi connectivity index (χ0v) is 11.2. The van der Waals surface area contributed by atoms with E-state index in [-0.39, 0.29) is 0 Å². The maximum Gasteiger partial charge on any atom is 0.126 e. The number of nitrogens with one attached hydrogen (secondary N) is 1. The van der Waals surface area contributed by atoms with Crippen molar-refractivity contribution < 1.29 is 0 Å². The van der Waals surface area contributed by atoms with E-state index in [0.717, 1.165) is 36.0 Å². The van der Waals surface area contributed by atoms with Gasteiger partial charge in [-0.25, -0.2) is 4.98 Å². The zero-order valence-electron chi connectivity index (χ0n) is 9.62. The summed E-state index contributed by atoms with van der Waals surface area (Å²) >= 11 is 3.38. The third kappa shape index (κ3) is 3.46. The SMILES string of the molecule is CCN(CCNc1ccc(Br)cn1)C1CC1. The Hall–Kier alpha value is -0.610. The van der Waals surface area contributed by atoms with Crippen LogP contribution in [0.25, 0.3) is 0 Å². The van der Waals surface area contributed by atoms with Gasteiger partial charge in [0.25, 0.3) is 0 Å². The predicted octanol–water partition coefficient (Wildman–Crippen LogP) is 2.74. The molecule has 1 saturated carbocycles. The van der Waals surface area contributed by atoms with Crippen LogP contribution < -0.4 is 5.32 Å². The summed E-state index contributed by atoms with van der Waals surface area (Å²) in [5, 5.41) is 3.35. The van der Waals surface area contributed by atoms with E-state index in [1.54, 1.807) is 0 Å². The number of nitrogens with zero attached hydrogens (tertiary/aromatic N) is 2. The number of aromatic nitrogens is 1. The van der Waals surface area contributed by atoms with E-state index in [1.807, 2.05) is 18.3 Å². The van der Waals surface area contributed by atoms with Crippen LogP contribution in [0.5, 0.6) is 0 Å². The molecule has 2 rings (SSSR count). The second kappa shape index (κ2) is 5.64. The van der Waals surface area contributed by atoms with Crippen LogP contribution in [0.2, 0.25) is 0 Å². The molecule has 3 nitrogen and oxygen atoms in total. The Labute approximate surface area is 105 Å². The van der Waals surface area contributed by atoms with Gasteiger partial charge >= 0.3 is 0 Å². The van der Waals surface area contributed by atoms with E-state index in [4.69, 9.17) is 0 Å². The van der Waals surface area contributed by atoms with Gasteiger partial charge in [0.15, 0.2) is 0 Å². The molecule has 1 N–H and O–H groups in total. The first-order valence-electron chi connectivity index (χ1n) is 5.89. The Bertz CT molecular complexity index is 322. The molecule has 1 aliphatic rings. The number of rotatable bonds is 6. The minimum Gasteiger partial charge on any atom is -0.369 e. The van der Waals surface area contributed by atoms with Crippen molar-refractivity contribution in [1.82, 2.24) is 9.88 Å². The third-order valence-corrected chi connectivity index (χ3v) is 3.37. The molecule has 16 heavy (non-hydrogen) atoms. The molecule has 0 saturated heterocycles. The monoisotopic (exact) mass is 283 g/mol. The van der Waals surface area contributed by atoms with Gasteiger partial charge in [-0.15, -0.1) is 0 Å². The van der Waals surface area contributed by atoms with Crippen molar-refractivity contribution in [2.75, 3.05) is 25.0 Å². The Balaban J connectivity index is 1.72. The first-order chi connectivity index (χ1) is 7.79. The third-order valence-electron chi connectivity index (χ3n) is 2.90. The molecule has 0 unspecified atom stereocenters. The highest BCUT2D eigenvalue weighted by molar-refractivity contribution is 9.10. The van der Waals surface area contributed by atoms with E-state index in [2.05, 4.69) is 38.1 Å². The topological polar surface area (TPSA) is 28.2 Å². The lowest BCUT2D eigenvalue weighted by Gasteiger charge is -2.19. The molecule has 0 aromatic carbocycles. The molecule has 1 fully saturated rings. The molecule has 0 bridgehead atoms. The van der Waals surface area contributed by atoms with Gasteiger partial charge in [-0.3, -0.25) is 4.90 Å². The van der Waals surface area contributed by atoms with Crippen molar-refractivity contribution in [1.29, 1.82) is 0 Å². The highest BCUT2D eigenvalue weighted by Gasteiger charge is 2.26. The number of hydrogen-bond acceptors (Lipinski definition) is 3. The van der Waals surface area contributed by atoms with Crippen LogP contribution in [0.4, 0.5) is 5.82 Å². The Kier molecular flexibility index (Phi) is 4.18. The Morgan fingerprint density at radius 1 is 1.50 bits per heavy atom. The van der Waals surface area contributed by atoms with Gasteiger partial charge in [0.05, 0.1) is 0 Å². The van der Waals surface area contributed by atoms with E-state index in [9.17, 15) is 0 Å². The van der Waals surface area contributed by atoms with Crippen molar-refractivity contribution >= 4 is 21.7 Å². The summed E-state index contributed by atoms with van der Waals surface area (Å²) in [5.41, 5.74) is 0. The summed E-state index contributed by atoms with van der Waals surface area (Å²) in [6.45, 7) is 5.47. The first kappa shape index (κ1) is 11.9. The van der Waals surface area contributed by atoms with Crippen molar-refractivity contribution in [3.8, 4) is 0 Å². The number of pyridine rings is 1.